The van der Waals surface area contributed by atoms with E-state index in [1.54, 1.807) is 11.1 Å². The molecule has 0 heterocycles. The fourth-order valence-electron chi connectivity index (χ4n) is 3.33. The van der Waals surface area contributed by atoms with Crippen LogP contribution >= 0.6 is 0 Å². The summed E-state index contributed by atoms with van der Waals surface area (Å²) in [7, 11) is 0. The monoisotopic (exact) mass is 242 g/mol. The first-order chi connectivity index (χ1) is 8.86. The smallest absolute Gasteiger partial charge is 0.0127 e. The molecule has 0 aromatic rings. The highest BCUT2D eigenvalue weighted by atomic mass is 14.3. The Morgan fingerprint density at radius 2 is 2.00 bits per heavy atom. The van der Waals surface area contributed by atoms with Gasteiger partial charge in [-0.05, 0) is 49.7 Å². The zero-order valence-corrected chi connectivity index (χ0v) is 11.9. The lowest BCUT2D eigenvalue weighted by Crippen LogP contribution is -2.11. The lowest BCUT2D eigenvalue weighted by atomic mass is 9.79. The third-order valence-corrected chi connectivity index (χ3v) is 4.35. The SMILES string of the molecule is C/C=C(\C1=C(CC)CC=CC=C1)C1CCCCC1. The number of allylic oxidation sites excluding steroid dienone is 8. The van der Waals surface area contributed by atoms with Crippen LogP contribution in [-0.2, 0) is 0 Å². The Bertz CT molecular complexity index is 384. The van der Waals surface area contributed by atoms with E-state index in [2.05, 4.69) is 44.2 Å². The van der Waals surface area contributed by atoms with Crippen LogP contribution in [-0.4, -0.2) is 0 Å². The van der Waals surface area contributed by atoms with Crippen LogP contribution in [0.3, 0.4) is 0 Å². The minimum absolute atomic E-state index is 0.808. The summed E-state index contributed by atoms with van der Waals surface area (Å²) in [5.74, 6) is 0.808. The first kappa shape index (κ1) is 13.4. The molecule has 18 heavy (non-hydrogen) atoms. The van der Waals surface area contributed by atoms with E-state index in [0.29, 0.717) is 0 Å². The molecule has 0 aromatic carbocycles. The van der Waals surface area contributed by atoms with Crippen molar-refractivity contribution in [2.45, 2.75) is 58.8 Å². The largest absolute Gasteiger partial charge is 0.0836 e. The molecule has 0 heteroatoms. The molecule has 2 rings (SSSR count). The topological polar surface area (TPSA) is 0 Å². The Morgan fingerprint density at radius 1 is 1.22 bits per heavy atom. The molecule has 1 fully saturated rings. The van der Waals surface area contributed by atoms with E-state index in [1.165, 1.54) is 44.1 Å². The van der Waals surface area contributed by atoms with Gasteiger partial charge in [0.25, 0.3) is 0 Å². The summed E-state index contributed by atoms with van der Waals surface area (Å²) in [6.45, 7) is 4.51. The van der Waals surface area contributed by atoms with Crippen LogP contribution in [0.15, 0.2) is 47.1 Å². The van der Waals surface area contributed by atoms with Crippen LogP contribution < -0.4 is 0 Å². The highest BCUT2D eigenvalue weighted by Crippen LogP contribution is 2.36. The minimum Gasteiger partial charge on any atom is -0.0836 e. The average molecular weight is 242 g/mol. The van der Waals surface area contributed by atoms with Gasteiger partial charge in [0, 0.05) is 0 Å². The van der Waals surface area contributed by atoms with Gasteiger partial charge < -0.3 is 0 Å². The van der Waals surface area contributed by atoms with E-state index in [1.807, 2.05) is 0 Å². The van der Waals surface area contributed by atoms with Gasteiger partial charge in [0.15, 0.2) is 0 Å². The quantitative estimate of drug-likeness (QED) is 0.592. The van der Waals surface area contributed by atoms with Crippen LogP contribution in [0, 0.1) is 5.92 Å². The van der Waals surface area contributed by atoms with Crippen molar-refractivity contribution in [1.82, 2.24) is 0 Å². The summed E-state index contributed by atoms with van der Waals surface area (Å²) in [5, 5.41) is 0. The predicted molar refractivity (Wildman–Crippen MR) is 80.5 cm³/mol. The van der Waals surface area contributed by atoms with Crippen molar-refractivity contribution >= 4 is 0 Å². The predicted octanol–water partition coefficient (Wildman–Crippen LogP) is 5.74. The molecule has 1 saturated carbocycles. The summed E-state index contributed by atoms with van der Waals surface area (Å²) >= 11 is 0. The second-order valence-electron chi connectivity index (χ2n) is 5.44. The molecule has 0 nitrogen and oxygen atoms in total. The maximum Gasteiger partial charge on any atom is -0.0127 e. The molecule has 0 unspecified atom stereocenters. The Kier molecular flexibility index (Phi) is 5.04. The lowest BCUT2D eigenvalue weighted by molar-refractivity contribution is 0.406. The maximum atomic E-state index is 2.37. The molecule has 0 atom stereocenters. The van der Waals surface area contributed by atoms with Crippen LogP contribution in [0.2, 0.25) is 0 Å². The molecule has 98 valence electrons. The zero-order valence-electron chi connectivity index (χ0n) is 11.9. The van der Waals surface area contributed by atoms with Crippen LogP contribution in [0.1, 0.15) is 58.8 Å². The zero-order chi connectivity index (χ0) is 12.8. The molecule has 0 spiro atoms. The number of hydrogen-bond acceptors (Lipinski definition) is 0. The molecule has 0 amide bonds. The highest BCUT2D eigenvalue weighted by Gasteiger charge is 2.20. The molecule has 0 saturated heterocycles. The van der Waals surface area contributed by atoms with Gasteiger partial charge in [-0.3, -0.25) is 0 Å². The first-order valence-corrected chi connectivity index (χ1v) is 7.58. The molecule has 0 aliphatic heterocycles. The van der Waals surface area contributed by atoms with Gasteiger partial charge in [-0.15, -0.1) is 0 Å². The van der Waals surface area contributed by atoms with Gasteiger partial charge in [0.1, 0.15) is 0 Å². The number of hydrogen-bond donors (Lipinski definition) is 0. The van der Waals surface area contributed by atoms with Crippen LogP contribution in [0.4, 0.5) is 0 Å². The van der Waals surface area contributed by atoms with Crippen molar-refractivity contribution in [3.63, 3.8) is 0 Å². The summed E-state index contributed by atoms with van der Waals surface area (Å²) < 4.78 is 0. The summed E-state index contributed by atoms with van der Waals surface area (Å²) in [6, 6.07) is 0. The van der Waals surface area contributed by atoms with Gasteiger partial charge >= 0.3 is 0 Å². The Morgan fingerprint density at radius 3 is 2.67 bits per heavy atom. The van der Waals surface area contributed by atoms with Gasteiger partial charge in [-0.1, -0.05) is 62.1 Å². The van der Waals surface area contributed by atoms with E-state index >= 15 is 0 Å². The van der Waals surface area contributed by atoms with E-state index in [0.717, 1.165) is 12.3 Å². The van der Waals surface area contributed by atoms with Gasteiger partial charge in [0.05, 0.1) is 0 Å². The minimum atomic E-state index is 0.808. The van der Waals surface area contributed by atoms with Crippen LogP contribution in [0.5, 0.6) is 0 Å². The maximum absolute atomic E-state index is 2.37. The molecule has 0 aromatic heterocycles. The van der Waals surface area contributed by atoms with Crippen molar-refractivity contribution in [3.8, 4) is 0 Å². The molecular formula is C18H26. The van der Waals surface area contributed by atoms with Crippen molar-refractivity contribution < 1.29 is 0 Å². The Labute approximate surface area is 112 Å². The molecule has 2 aliphatic rings. The standard InChI is InChI=1S/C18H26/c1-3-15-11-7-6-10-14-18(15)17(4-2)16-12-8-5-9-13-16/h4,6-7,10,14,16H,3,5,8-9,11-13H2,1-2H3/b17-4-. The first-order valence-electron chi connectivity index (χ1n) is 7.58. The molecule has 0 N–H and O–H groups in total. The van der Waals surface area contributed by atoms with Gasteiger partial charge in [-0.2, -0.15) is 0 Å². The summed E-state index contributed by atoms with van der Waals surface area (Å²) in [4.78, 5) is 0. The fraction of sp³-hybridized carbons (Fsp3) is 0.556. The Hall–Kier alpha value is -1.04. The van der Waals surface area contributed by atoms with Gasteiger partial charge in [-0.25, -0.2) is 0 Å². The Balaban J connectivity index is 2.27. The highest BCUT2D eigenvalue weighted by molar-refractivity contribution is 5.47. The molecule has 0 bridgehead atoms. The van der Waals surface area contributed by atoms with E-state index in [9.17, 15) is 0 Å². The van der Waals surface area contributed by atoms with E-state index < -0.39 is 0 Å². The van der Waals surface area contributed by atoms with E-state index in [-0.39, 0.29) is 0 Å². The van der Waals surface area contributed by atoms with Gasteiger partial charge in [0.2, 0.25) is 0 Å². The third kappa shape index (κ3) is 3.04. The van der Waals surface area contributed by atoms with Crippen molar-refractivity contribution in [2.24, 2.45) is 5.92 Å². The fourth-order valence-corrected chi connectivity index (χ4v) is 3.33. The second-order valence-corrected chi connectivity index (χ2v) is 5.44. The average Bonchev–Trinajstić information content (AvgIpc) is 2.66. The van der Waals surface area contributed by atoms with Crippen LogP contribution in [0.25, 0.3) is 0 Å². The summed E-state index contributed by atoms with van der Waals surface area (Å²) in [6.07, 6.45) is 20.8. The normalized spacial score (nSPS) is 22.4. The molecular weight excluding hydrogens is 216 g/mol. The van der Waals surface area contributed by atoms with Crippen molar-refractivity contribution in [3.05, 3.63) is 47.1 Å². The van der Waals surface area contributed by atoms with Crippen molar-refractivity contribution in [1.29, 1.82) is 0 Å². The van der Waals surface area contributed by atoms with E-state index in [4.69, 9.17) is 0 Å². The number of rotatable bonds is 3. The molecule has 0 radical (unpaired) electrons. The summed E-state index contributed by atoms with van der Waals surface area (Å²) in [5.41, 5.74) is 4.77. The third-order valence-electron chi connectivity index (χ3n) is 4.35. The lowest BCUT2D eigenvalue weighted by Gasteiger charge is -2.26. The second kappa shape index (κ2) is 6.78. The van der Waals surface area contributed by atoms with Crippen molar-refractivity contribution in [2.75, 3.05) is 0 Å². The molecule has 2 aliphatic carbocycles.